The van der Waals surface area contributed by atoms with Crippen molar-refractivity contribution in [2.45, 2.75) is 39.0 Å². The third kappa shape index (κ3) is 3.09. The maximum absolute atomic E-state index is 9.01. The monoisotopic (exact) mass is 267 g/mol. The fourth-order valence-corrected chi connectivity index (χ4v) is 2.85. The molecular weight excluding hydrogens is 246 g/mol. The molecule has 104 valence electrons. The fraction of sp³-hybridized carbons (Fsp3) is 0.333. The van der Waals surface area contributed by atoms with E-state index >= 15 is 0 Å². The Balaban J connectivity index is 1.54. The zero-order chi connectivity index (χ0) is 13.8. The third-order valence-electron chi connectivity index (χ3n) is 4.03. The lowest BCUT2D eigenvalue weighted by Gasteiger charge is -2.08. The van der Waals surface area contributed by atoms with E-state index in [9.17, 15) is 0 Å². The molecule has 0 saturated heterocycles. The minimum absolute atomic E-state index is 0.114. The van der Waals surface area contributed by atoms with Crippen LogP contribution in [0.5, 0.6) is 0 Å². The van der Waals surface area contributed by atoms with Crippen LogP contribution in [0, 0.1) is 0 Å². The first-order valence-electron chi connectivity index (χ1n) is 7.35. The molecule has 1 aliphatic rings. The molecule has 1 aliphatic carbocycles. The van der Waals surface area contributed by atoms with Crippen LogP contribution in [0.15, 0.2) is 42.5 Å². The summed E-state index contributed by atoms with van der Waals surface area (Å²) in [6.45, 7) is 1.89. The van der Waals surface area contributed by atoms with Crippen LogP contribution >= 0.6 is 0 Å². The lowest BCUT2D eigenvalue weighted by atomic mass is 10.1. The van der Waals surface area contributed by atoms with Gasteiger partial charge >= 0.3 is 0 Å². The number of aryl methyl sites for hydroxylation is 2. The van der Waals surface area contributed by atoms with Crippen LogP contribution in [0.2, 0.25) is 0 Å². The van der Waals surface area contributed by atoms with Gasteiger partial charge in [-0.1, -0.05) is 42.5 Å². The summed E-state index contributed by atoms with van der Waals surface area (Å²) < 4.78 is 0. The summed E-state index contributed by atoms with van der Waals surface area (Å²) in [4.78, 5) is 0. The molecule has 2 heteroatoms. The van der Waals surface area contributed by atoms with Gasteiger partial charge in [0, 0.05) is 13.1 Å². The van der Waals surface area contributed by atoms with Crippen molar-refractivity contribution < 1.29 is 5.11 Å². The van der Waals surface area contributed by atoms with Gasteiger partial charge in [-0.25, -0.2) is 0 Å². The van der Waals surface area contributed by atoms with E-state index in [4.69, 9.17) is 5.11 Å². The highest BCUT2D eigenvalue weighted by molar-refractivity contribution is 5.35. The smallest absolute Gasteiger partial charge is 0.0681 e. The number of aliphatic hydroxyl groups excluding tert-OH is 1. The Labute approximate surface area is 120 Å². The van der Waals surface area contributed by atoms with Crippen LogP contribution < -0.4 is 5.32 Å². The quantitative estimate of drug-likeness (QED) is 0.873. The Kier molecular flexibility index (Phi) is 4.14. The number of fused-ring (bicyclic) bond motifs is 1. The third-order valence-corrected chi connectivity index (χ3v) is 4.03. The van der Waals surface area contributed by atoms with E-state index in [0.29, 0.717) is 0 Å². The molecule has 0 fully saturated rings. The van der Waals surface area contributed by atoms with E-state index < -0.39 is 0 Å². The summed E-state index contributed by atoms with van der Waals surface area (Å²) in [5.41, 5.74) is 6.67. The first-order valence-corrected chi connectivity index (χ1v) is 7.35. The molecule has 0 unspecified atom stereocenters. The highest BCUT2D eigenvalue weighted by Crippen LogP contribution is 2.22. The Bertz CT molecular complexity index is 574. The van der Waals surface area contributed by atoms with Gasteiger partial charge in [-0.15, -0.1) is 0 Å². The lowest BCUT2D eigenvalue weighted by Crippen LogP contribution is -2.12. The average molecular weight is 267 g/mol. The van der Waals surface area contributed by atoms with Gasteiger partial charge in [-0.3, -0.25) is 0 Å². The summed E-state index contributed by atoms with van der Waals surface area (Å²) in [5, 5.41) is 12.5. The SMILES string of the molecule is OCc1ccc(CNCc2ccc3c(c2)CCC3)cc1. The van der Waals surface area contributed by atoms with Crippen LogP contribution in [0.25, 0.3) is 0 Å². The number of benzene rings is 2. The molecule has 0 saturated carbocycles. The number of rotatable bonds is 5. The van der Waals surface area contributed by atoms with Crippen molar-refractivity contribution >= 4 is 0 Å². The summed E-state index contributed by atoms with van der Waals surface area (Å²) >= 11 is 0. The minimum Gasteiger partial charge on any atom is -0.392 e. The summed E-state index contributed by atoms with van der Waals surface area (Å²) in [6.07, 6.45) is 3.80. The normalized spacial score (nSPS) is 13.4. The Morgan fingerprint density at radius 3 is 2.25 bits per heavy atom. The van der Waals surface area contributed by atoms with Gasteiger partial charge in [0.15, 0.2) is 0 Å². The second kappa shape index (κ2) is 6.21. The number of aliphatic hydroxyl groups is 1. The van der Waals surface area contributed by atoms with Crippen molar-refractivity contribution in [2.75, 3.05) is 0 Å². The van der Waals surface area contributed by atoms with Gasteiger partial charge in [-0.2, -0.15) is 0 Å². The molecule has 0 heterocycles. The highest BCUT2D eigenvalue weighted by Gasteiger charge is 2.10. The number of hydrogen-bond acceptors (Lipinski definition) is 2. The van der Waals surface area contributed by atoms with Crippen LogP contribution in [0.3, 0.4) is 0 Å². The first-order chi connectivity index (χ1) is 9.85. The Hall–Kier alpha value is -1.64. The van der Waals surface area contributed by atoms with Gasteiger partial charge in [0.25, 0.3) is 0 Å². The maximum atomic E-state index is 9.01. The van der Waals surface area contributed by atoms with Gasteiger partial charge in [0.2, 0.25) is 0 Å². The van der Waals surface area contributed by atoms with Crippen LogP contribution in [-0.4, -0.2) is 5.11 Å². The summed E-state index contributed by atoms with van der Waals surface area (Å²) in [5.74, 6) is 0. The van der Waals surface area contributed by atoms with Crippen molar-refractivity contribution in [1.29, 1.82) is 0 Å². The van der Waals surface area contributed by atoms with E-state index in [0.717, 1.165) is 18.7 Å². The Morgan fingerprint density at radius 2 is 1.45 bits per heavy atom. The van der Waals surface area contributed by atoms with E-state index in [1.807, 2.05) is 12.1 Å². The first kappa shape index (κ1) is 13.3. The van der Waals surface area contributed by atoms with E-state index in [-0.39, 0.29) is 6.61 Å². The molecule has 0 spiro atoms. The largest absolute Gasteiger partial charge is 0.392 e. The fourth-order valence-electron chi connectivity index (χ4n) is 2.85. The van der Waals surface area contributed by atoms with Crippen molar-refractivity contribution in [1.82, 2.24) is 5.32 Å². The molecule has 2 N–H and O–H groups in total. The molecule has 0 amide bonds. The zero-order valence-corrected chi connectivity index (χ0v) is 11.7. The molecule has 3 rings (SSSR count). The van der Waals surface area contributed by atoms with E-state index in [1.165, 1.54) is 41.5 Å². The van der Waals surface area contributed by atoms with Crippen LogP contribution in [0.4, 0.5) is 0 Å². The molecule has 0 radical (unpaired) electrons. The van der Waals surface area contributed by atoms with Gasteiger partial charge in [-0.05, 0) is 47.1 Å². The van der Waals surface area contributed by atoms with Gasteiger partial charge < -0.3 is 10.4 Å². The predicted octanol–water partition coefficient (Wildman–Crippen LogP) is 2.96. The van der Waals surface area contributed by atoms with Crippen LogP contribution in [-0.2, 0) is 32.5 Å². The lowest BCUT2D eigenvalue weighted by molar-refractivity contribution is 0.282. The molecule has 20 heavy (non-hydrogen) atoms. The van der Waals surface area contributed by atoms with Crippen molar-refractivity contribution in [3.05, 3.63) is 70.3 Å². The zero-order valence-electron chi connectivity index (χ0n) is 11.7. The van der Waals surface area contributed by atoms with Crippen molar-refractivity contribution in [2.24, 2.45) is 0 Å². The Morgan fingerprint density at radius 1 is 0.800 bits per heavy atom. The number of hydrogen-bond donors (Lipinski definition) is 2. The van der Waals surface area contributed by atoms with Gasteiger partial charge in [0.1, 0.15) is 0 Å². The second-order valence-electron chi connectivity index (χ2n) is 5.53. The molecule has 0 bridgehead atoms. The highest BCUT2D eigenvalue weighted by atomic mass is 16.3. The molecule has 0 aromatic heterocycles. The van der Waals surface area contributed by atoms with Crippen LogP contribution in [0.1, 0.15) is 34.2 Å². The molecule has 2 nitrogen and oxygen atoms in total. The van der Waals surface area contributed by atoms with E-state index in [1.54, 1.807) is 0 Å². The van der Waals surface area contributed by atoms with E-state index in [2.05, 4.69) is 35.6 Å². The molecular formula is C18H21NO. The minimum atomic E-state index is 0.114. The predicted molar refractivity (Wildman–Crippen MR) is 81.4 cm³/mol. The van der Waals surface area contributed by atoms with Crippen molar-refractivity contribution in [3.63, 3.8) is 0 Å². The average Bonchev–Trinajstić information content (AvgIpc) is 2.95. The maximum Gasteiger partial charge on any atom is 0.0681 e. The number of nitrogens with one attached hydrogen (secondary N) is 1. The topological polar surface area (TPSA) is 32.3 Å². The molecule has 0 atom stereocenters. The molecule has 2 aromatic rings. The summed E-state index contributed by atoms with van der Waals surface area (Å²) in [7, 11) is 0. The second-order valence-corrected chi connectivity index (χ2v) is 5.53. The summed E-state index contributed by atoms with van der Waals surface area (Å²) in [6, 6.07) is 15.0. The standard InChI is InChI=1S/C18H21NO/c20-13-15-6-4-14(5-7-15)11-19-12-16-8-9-17-2-1-3-18(17)10-16/h4-10,19-20H,1-3,11-13H2. The molecule has 2 aromatic carbocycles. The van der Waals surface area contributed by atoms with Crippen molar-refractivity contribution in [3.8, 4) is 0 Å². The van der Waals surface area contributed by atoms with Gasteiger partial charge in [0.05, 0.1) is 6.61 Å². The molecule has 0 aliphatic heterocycles.